The summed E-state index contributed by atoms with van der Waals surface area (Å²) in [5.41, 5.74) is 1.52. The van der Waals surface area contributed by atoms with Crippen LogP contribution in [-0.2, 0) is 6.42 Å². The third kappa shape index (κ3) is 4.32. The van der Waals surface area contributed by atoms with Crippen LogP contribution in [0.25, 0.3) is 0 Å². The van der Waals surface area contributed by atoms with Gasteiger partial charge in [-0.25, -0.2) is 8.78 Å². The number of aryl methyl sites for hydroxylation is 1. The molecule has 0 saturated heterocycles. The van der Waals surface area contributed by atoms with Crippen LogP contribution in [0, 0.1) is 18.6 Å². The Morgan fingerprint density at radius 1 is 1.10 bits per heavy atom. The summed E-state index contributed by atoms with van der Waals surface area (Å²) >= 11 is 1.52. The third-order valence-electron chi connectivity index (χ3n) is 2.93. The van der Waals surface area contributed by atoms with Crippen LogP contribution in [0.5, 0.6) is 0 Å². The molecule has 2 aromatic carbocycles. The van der Waals surface area contributed by atoms with Gasteiger partial charge in [0.25, 0.3) is 0 Å². The Morgan fingerprint density at radius 2 is 1.80 bits per heavy atom. The van der Waals surface area contributed by atoms with Crippen molar-refractivity contribution in [1.82, 2.24) is 0 Å². The zero-order valence-corrected chi connectivity index (χ0v) is 12.0. The fourth-order valence-corrected chi connectivity index (χ4v) is 2.66. The van der Waals surface area contributed by atoms with E-state index < -0.39 is 17.7 Å². The highest BCUT2D eigenvalue weighted by atomic mass is 32.2. The van der Waals surface area contributed by atoms with Crippen molar-refractivity contribution < 1.29 is 13.9 Å². The highest BCUT2D eigenvalue weighted by molar-refractivity contribution is 7.99. The fraction of sp³-hybridized carbons (Fsp3) is 0.250. The number of thioether (sulfide) groups is 1. The fourth-order valence-electron chi connectivity index (χ4n) is 1.83. The van der Waals surface area contributed by atoms with E-state index in [0.29, 0.717) is 11.3 Å². The molecule has 1 nitrogen and oxygen atoms in total. The first-order chi connectivity index (χ1) is 9.54. The molecule has 20 heavy (non-hydrogen) atoms. The molecular formula is C16H16F2OS. The first-order valence-corrected chi connectivity index (χ1v) is 7.34. The van der Waals surface area contributed by atoms with Crippen molar-refractivity contribution in [1.29, 1.82) is 0 Å². The molecule has 2 rings (SSSR count). The van der Waals surface area contributed by atoms with Gasteiger partial charge in [0.05, 0.1) is 6.10 Å². The first kappa shape index (κ1) is 15.0. The molecule has 1 N–H and O–H groups in total. The maximum absolute atomic E-state index is 13.5. The monoisotopic (exact) mass is 294 g/mol. The van der Waals surface area contributed by atoms with E-state index in [0.717, 1.165) is 11.0 Å². The molecule has 0 saturated carbocycles. The Labute approximate surface area is 121 Å². The van der Waals surface area contributed by atoms with Gasteiger partial charge in [0.1, 0.15) is 11.6 Å². The van der Waals surface area contributed by atoms with E-state index in [9.17, 15) is 13.9 Å². The molecule has 0 spiro atoms. The molecule has 0 heterocycles. The topological polar surface area (TPSA) is 20.2 Å². The summed E-state index contributed by atoms with van der Waals surface area (Å²) in [6.07, 6.45) is -0.480. The summed E-state index contributed by atoms with van der Waals surface area (Å²) in [5, 5.41) is 9.93. The van der Waals surface area contributed by atoms with Crippen molar-refractivity contribution in [3.05, 3.63) is 65.2 Å². The van der Waals surface area contributed by atoms with Crippen LogP contribution in [0.3, 0.4) is 0 Å². The number of benzene rings is 2. The maximum atomic E-state index is 13.5. The van der Waals surface area contributed by atoms with Crippen LogP contribution in [0.1, 0.15) is 11.1 Å². The lowest BCUT2D eigenvalue weighted by Gasteiger charge is -2.11. The van der Waals surface area contributed by atoms with Crippen molar-refractivity contribution in [2.45, 2.75) is 24.3 Å². The third-order valence-corrected chi connectivity index (χ3v) is 4.09. The molecule has 0 aromatic heterocycles. The van der Waals surface area contributed by atoms with E-state index >= 15 is 0 Å². The van der Waals surface area contributed by atoms with Gasteiger partial charge in [0, 0.05) is 23.1 Å². The van der Waals surface area contributed by atoms with E-state index in [1.165, 1.54) is 29.5 Å². The summed E-state index contributed by atoms with van der Waals surface area (Å²) in [6.45, 7) is 2.01. The highest BCUT2D eigenvalue weighted by Gasteiger charge is 2.11. The van der Waals surface area contributed by atoms with Gasteiger partial charge in [-0.1, -0.05) is 23.8 Å². The predicted octanol–water partition coefficient (Wildman–Crippen LogP) is 3.97. The molecule has 106 valence electrons. The average molecular weight is 294 g/mol. The van der Waals surface area contributed by atoms with E-state index in [-0.39, 0.29) is 6.42 Å². The van der Waals surface area contributed by atoms with E-state index in [2.05, 4.69) is 0 Å². The molecule has 0 radical (unpaired) electrons. The first-order valence-electron chi connectivity index (χ1n) is 6.36. The lowest BCUT2D eigenvalue weighted by molar-refractivity contribution is 0.198. The van der Waals surface area contributed by atoms with Crippen LogP contribution in [0.15, 0.2) is 47.4 Å². The summed E-state index contributed by atoms with van der Waals surface area (Å²) in [6, 6.07) is 11.4. The maximum Gasteiger partial charge on any atom is 0.129 e. The van der Waals surface area contributed by atoms with E-state index in [1.807, 2.05) is 31.2 Å². The zero-order chi connectivity index (χ0) is 14.5. The highest BCUT2D eigenvalue weighted by Crippen LogP contribution is 2.21. The van der Waals surface area contributed by atoms with Crippen molar-refractivity contribution in [2.75, 3.05) is 5.75 Å². The number of hydrogen-bond acceptors (Lipinski definition) is 2. The average Bonchev–Trinajstić information content (AvgIpc) is 2.41. The molecule has 1 unspecified atom stereocenters. The molecule has 1 atom stereocenters. The van der Waals surface area contributed by atoms with Gasteiger partial charge in [-0.05, 0) is 30.7 Å². The van der Waals surface area contributed by atoms with Crippen LogP contribution in [0.2, 0.25) is 0 Å². The minimum absolute atomic E-state index is 0.185. The van der Waals surface area contributed by atoms with Gasteiger partial charge in [-0.2, -0.15) is 0 Å². The number of aliphatic hydroxyl groups is 1. The van der Waals surface area contributed by atoms with Crippen LogP contribution >= 0.6 is 11.8 Å². The van der Waals surface area contributed by atoms with E-state index in [4.69, 9.17) is 0 Å². The lowest BCUT2D eigenvalue weighted by Crippen LogP contribution is -2.14. The number of aliphatic hydroxyl groups excluding tert-OH is 1. The summed E-state index contributed by atoms with van der Waals surface area (Å²) < 4.78 is 26.2. The molecule has 4 heteroatoms. The second-order valence-corrected chi connectivity index (χ2v) is 5.81. The molecule has 0 amide bonds. The quantitative estimate of drug-likeness (QED) is 0.842. The van der Waals surface area contributed by atoms with Crippen molar-refractivity contribution in [3.8, 4) is 0 Å². The minimum atomic E-state index is -0.665. The lowest BCUT2D eigenvalue weighted by atomic mass is 10.1. The summed E-state index contributed by atoms with van der Waals surface area (Å²) in [4.78, 5) is 1.06. The van der Waals surface area contributed by atoms with Crippen molar-refractivity contribution in [2.24, 2.45) is 0 Å². The molecule has 0 aliphatic rings. The van der Waals surface area contributed by atoms with Crippen molar-refractivity contribution in [3.63, 3.8) is 0 Å². The molecule has 0 aliphatic heterocycles. The van der Waals surface area contributed by atoms with Crippen LogP contribution in [0.4, 0.5) is 8.78 Å². The van der Waals surface area contributed by atoms with Gasteiger partial charge < -0.3 is 5.11 Å². The Morgan fingerprint density at radius 3 is 2.45 bits per heavy atom. The van der Waals surface area contributed by atoms with Crippen LogP contribution < -0.4 is 0 Å². The Kier molecular flexibility index (Phi) is 5.15. The molecular weight excluding hydrogens is 278 g/mol. The molecule has 2 aromatic rings. The molecule has 0 bridgehead atoms. The van der Waals surface area contributed by atoms with Crippen molar-refractivity contribution >= 4 is 11.8 Å². The van der Waals surface area contributed by atoms with Gasteiger partial charge in [0.2, 0.25) is 0 Å². The largest absolute Gasteiger partial charge is 0.392 e. The van der Waals surface area contributed by atoms with Crippen LogP contribution in [-0.4, -0.2) is 17.0 Å². The van der Waals surface area contributed by atoms with Gasteiger partial charge in [0.15, 0.2) is 0 Å². The Hall–Kier alpha value is -1.39. The Balaban J connectivity index is 1.89. The standard InChI is InChI=1S/C16H16F2OS/c1-11-2-6-15(7-3-11)20-10-14(19)8-12-4-5-13(17)9-16(12)18/h2-7,9,14,19H,8,10H2,1H3. The summed E-state index contributed by atoms with van der Waals surface area (Å²) in [5.74, 6) is -0.737. The zero-order valence-electron chi connectivity index (χ0n) is 11.1. The second kappa shape index (κ2) is 6.86. The smallest absolute Gasteiger partial charge is 0.129 e. The Bertz CT molecular complexity index is 569. The summed E-state index contributed by atoms with van der Waals surface area (Å²) in [7, 11) is 0. The van der Waals surface area contributed by atoms with Gasteiger partial charge >= 0.3 is 0 Å². The predicted molar refractivity (Wildman–Crippen MR) is 78.0 cm³/mol. The van der Waals surface area contributed by atoms with Gasteiger partial charge in [-0.3, -0.25) is 0 Å². The number of rotatable bonds is 5. The normalized spacial score (nSPS) is 12.4. The van der Waals surface area contributed by atoms with Gasteiger partial charge in [-0.15, -0.1) is 11.8 Å². The minimum Gasteiger partial charge on any atom is -0.392 e. The number of halogens is 2. The second-order valence-electron chi connectivity index (χ2n) is 4.72. The van der Waals surface area contributed by atoms with E-state index in [1.54, 1.807) is 0 Å². The number of hydrogen-bond donors (Lipinski definition) is 1. The molecule has 0 fully saturated rings. The SMILES string of the molecule is Cc1ccc(SCC(O)Cc2ccc(F)cc2F)cc1. The molecule has 0 aliphatic carbocycles.